The molecule has 2 aliphatic heterocycles. The molecule has 2 heterocycles. The van der Waals surface area contributed by atoms with Gasteiger partial charge in [-0.2, -0.15) is 0 Å². The van der Waals surface area contributed by atoms with Crippen LogP contribution in [0.4, 0.5) is 8.78 Å². The van der Waals surface area contributed by atoms with Gasteiger partial charge in [0.1, 0.15) is 11.6 Å². The Bertz CT molecular complexity index is 757. The van der Waals surface area contributed by atoms with Crippen LogP contribution in [0.5, 0.6) is 11.5 Å². The molecule has 0 amide bonds. The van der Waals surface area contributed by atoms with E-state index in [1.54, 1.807) is 0 Å². The van der Waals surface area contributed by atoms with E-state index in [0.29, 0.717) is 18.8 Å². The average molecular weight is 361 g/mol. The largest absolute Gasteiger partial charge is 0.454 e. The number of nitrogens with zero attached hydrogens (tertiary/aromatic N) is 1. The first kappa shape index (κ1) is 17.2. The van der Waals surface area contributed by atoms with Gasteiger partial charge < -0.3 is 14.2 Å². The van der Waals surface area contributed by atoms with Gasteiger partial charge in [-0.25, -0.2) is 8.78 Å². The Kier molecular flexibility index (Phi) is 5.04. The highest BCUT2D eigenvalue weighted by molar-refractivity contribution is 5.44. The van der Waals surface area contributed by atoms with Crippen LogP contribution < -0.4 is 9.47 Å². The number of halogens is 2. The van der Waals surface area contributed by atoms with E-state index >= 15 is 0 Å². The van der Waals surface area contributed by atoms with Gasteiger partial charge in [-0.15, -0.1) is 0 Å². The van der Waals surface area contributed by atoms with E-state index in [4.69, 9.17) is 14.2 Å². The first-order chi connectivity index (χ1) is 12.7. The second-order valence-corrected chi connectivity index (χ2v) is 6.69. The van der Waals surface area contributed by atoms with Crippen LogP contribution in [-0.2, 0) is 17.8 Å². The molecule has 0 spiro atoms. The lowest BCUT2D eigenvalue weighted by Crippen LogP contribution is -2.32. The topological polar surface area (TPSA) is 30.9 Å². The minimum atomic E-state index is -0.520. The Balaban J connectivity index is 1.54. The van der Waals surface area contributed by atoms with Crippen LogP contribution in [0.3, 0.4) is 0 Å². The van der Waals surface area contributed by atoms with Crippen molar-refractivity contribution in [2.45, 2.75) is 32.0 Å². The molecule has 0 radical (unpaired) electrons. The Morgan fingerprint density at radius 3 is 2.58 bits per heavy atom. The molecule has 0 saturated carbocycles. The molecule has 0 aromatic heterocycles. The lowest BCUT2D eigenvalue weighted by Gasteiger charge is -2.26. The normalized spacial score (nSPS) is 18.7. The molecule has 4 rings (SSSR count). The smallest absolute Gasteiger partial charge is 0.231 e. The number of rotatable bonds is 6. The Morgan fingerprint density at radius 2 is 1.81 bits per heavy atom. The van der Waals surface area contributed by atoms with Crippen LogP contribution in [0.1, 0.15) is 24.0 Å². The van der Waals surface area contributed by atoms with Gasteiger partial charge in [0, 0.05) is 31.8 Å². The second kappa shape index (κ2) is 7.60. The van der Waals surface area contributed by atoms with Gasteiger partial charge in [-0.3, -0.25) is 4.90 Å². The van der Waals surface area contributed by atoms with Gasteiger partial charge in [-0.1, -0.05) is 12.1 Å². The zero-order chi connectivity index (χ0) is 17.9. The maximum absolute atomic E-state index is 14.1. The molecular weight excluding hydrogens is 340 g/mol. The van der Waals surface area contributed by atoms with Gasteiger partial charge in [0.05, 0.1) is 6.10 Å². The highest BCUT2D eigenvalue weighted by Crippen LogP contribution is 2.33. The predicted molar refractivity (Wildman–Crippen MR) is 92.0 cm³/mol. The third kappa shape index (κ3) is 3.81. The number of ether oxygens (including phenoxy) is 3. The monoisotopic (exact) mass is 361 g/mol. The maximum atomic E-state index is 14.1. The number of hydrogen-bond acceptors (Lipinski definition) is 4. The van der Waals surface area contributed by atoms with Gasteiger partial charge in [0.15, 0.2) is 11.5 Å². The van der Waals surface area contributed by atoms with Crippen molar-refractivity contribution in [2.24, 2.45) is 0 Å². The van der Waals surface area contributed by atoms with Crippen LogP contribution in [-0.4, -0.2) is 30.9 Å². The van der Waals surface area contributed by atoms with E-state index in [1.807, 2.05) is 23.1 Å². The van der Waals surface area contributed by atoms with Crippen LogP contribution in [0, 0.1) is 11.6 Å². The van der Waals surface area contributed by atoms with Gasteiger partial charge in [-0.05, 0) is 42.7 Å². The molecule has 0 N–H and O–H groups in total. The van der Waals surface area contributed by atoms with Crippen molar-refractivity contribution in [1.82, 2.24) is 4.90 Å². The summed E-state index contributed by atoms with van der Waals surface area (Å²) in [7, 11) is 0. The summed E-state index contributed by atoms with van der Waals surface area (Å²) in [6, 6.07) is 9.71. The summed E-state index contributed by atoms with van der Waals surface area (Å²) >= 11 is 0. The fourth-order valence-corrected chi connectivity index (χ4v) is 3.47. The van der Waals surface area contributed by atoms with Crippen molar-refractivity contribution in [3.05, 3.63) is 59.2 Å². The van der Waals surface area contributed by atoms with E-state index in [1.165, 1.54) is 18.2 Å². The molecule has 1 unspecified atom stereocenters. The Morgan fingerprint density at radius 1 is 1.00 bits per heavy atom. The Labute approximate surface area is 151 Å². The average Bonchev–Trinajstić information content (AvgIpc) is 3.29. The van der Waals surface area contributed by atoms with Gasteiger partial charge in [0.25, 0.3) is 0 Å². The van der Waals surface area contributed by atoms with Crippen LogP contribution >= 0.6 is 0 Å². The summed E-state index contributed by atoms with van der Waals surface area (Å²) in [5, 5.41) is 0. The van der Waals surface area contributed by atoms with E-state index < -0.39 is 11.6 Å². The molecule has 26 heavy (non-hydrogen) atoms. The minimum Gasteiger partial charge on any atom is -0.454 e. The third-order valence-electron chi connectivity index (χ3n) is 4.77. The lowest BCUT2D eigenvalue weighted by molar-refractivity contribution is 0.0670. The molecule has 0 bridgehead atoms. The van der Waals surface area contributed by atoms with E-state index in [2.05, 4.69) is 0 Å². The molecule has 2 aromatic carbocycles. The molecule has 1 atom stereocenters. The minimum absolute atomic E-state index is 0.0891. The number of fused-ring (bicyclic) bond motifs is 1. The highest BCUT2D eigenvalue weighted by atomic mass is 19.1. The first-order valence-corrected chi connectivity index (χ1v) is 8.84. The fourth-order valence-electron chi connectivity index (χ4n) is 3.47. The maximum Gasteiger partial charge on any atom is 0.231 e. The van der Waals surface area contributed by atoms with Crippen molar-refractivity contribution in [1.29, 1.82) is 0 Å². The van der Waals surface area contributed by atoms with Gasteiger partial charge in [0.2, 0.25) is 6.79 Å². The number of hydrogen-bond donors (Lipinski definition) is 0. The summed E-state index contributed by atoms with van der Waals surface area (Å²) in [6.45, 7) is 2.33. The van der Waals surface area contributed by atoms with E-state index in [-0.39, 0.29) is 25.0 Å². The van der Waals surface area contributed by atoms with E-state index in [0.717, 1.165) is 30.8 Å². The quantitative estimate of drug-likeness (QED) is 0.781. The molecule has 0 aliphatic carbocycles. The second-order valence-electron chi connectivity index (χ2n) is 6.69. The highest BCUT2D eigenvalue weighted by Gasteiger charge is 2.22. The third-order valence-corrected chi connectivity index (χ3v) is 4.77. The molecule has 2 aliphatic rings. The van der Waals surface area contributed by atoms with Crippen molar-refractivity contribution in [2.75, 3.05) is 19.9 Å². The van der Waals surface area contributed by atoms with Crippen molar-refractivity contribution < 1.29 is 23.0 Å². The Hall–Kier alpha value is -2.18. The van der Waals surface area contributed by atoms with Crippen LogP contribution in [0.15, 0.2) is 36.4 Å². The number of benzene rings is 2. The molecule has 4 nitrogen and oxygen atoms in total. The fraction of sp³-hybridized carbons (Fsp3) is 0.400. The van der Waals surface area contributed by atoms with Crippen LogP contribution in [0.2, 0.25) is 0 Å². The van der Waals surface area contributed by atoms with Gasteiger partial charge >= 0.3 is 0 Å². The molecule has 6 heteroatoms. The zero-order valence-corrected chi connectivity index (χ0v) is 14.4. The van der Waals surface area contributed by atoms with Crippen molar-refractivity contribution in [3.8, 4) is 11.5 Å². The molecule has 1 saturated heterocycles. The SMILES string of the molecule is Fc1cccc(F)c1CN(Cc1ccc2c(c1)OCO2)CC1CCCO1. The summed E-state index contributed by atoms with van der Waals surface area (Å²) in [4.78, 5) is 2.02. The van der Waals surface area contributed by atoms with Crippen LogP contribution in [0.25, 0.3) is 0 Å². The summed E-state index contributed by atoms with van der Waals surface area (Å²) in [5.74, 6) is 0.386. The van der Waals surface area contributed by atoms with Crippen molar-refractivity contribution in [3.63, 3.8) is 0 Å². The van der Waals surface area contributed by atoms with Crippen molar-refractivity contribution >= 4 is 0 Å². The predicted octanol–water partition coefficient (Wildman–Crippen LogP) is 3.87. The molecule has 2 aromatic rings. The van der Waals surface area contributed by atoms with E-state index in [9.17, 15) is 8.78 Å². The molecule has 1 fully saturated rings. The zero-order valence-electron chi connectivity index (χ0n) is 14.4. The summed E-state index contributed by atoms with van der Waals surface area (Å²) in [6.07, 6.45) is 2.09. The standard InChI is InChI=1S/C20H21F2NO3/c21-17-4-1-5-18(22)16(17)12-23(11-15-3-2-8-24-15)10-14-6-7-19-20(9-14)26-13-25-19/h1,4-7,9,15H,2-3,8,10-13H2. The molecule has 138 valence electrons. The molecular formula is C20H21F2NO3. The summed E-state index contributed by atoms with van der Waals surface area (Å²) in [5.41, 5.74) is 1.09. The first-order valence-electron chi connectivity index (χ1n) is 8.84. The lowest BCUT2D eigenvalue weighted by atomic mass is 10.1. The summed E-state index contributed by atoms with van der Waals surface area (Å²) < 4.78 is 44.7.